The molecule has 1 fully saturated rings. The van der Waals surface area contributed by atoms with Crippen LogP contribution in [0.25, 0.3) is 10.9 Å². The van der Waals surface area contributed by atoms with E-state index in [-0.39, 0.29) is 12.0 Å². The van der Waals surface area contributed by atoms with E-state index in [4.69, 9.17) is 9.47 Å². The SMILES string of the molecule is Cn1cc(C(=O)NCCCCN2CCOC(CNC(=O)OC(C)(C)C)C2)c2ccccc21. The Kier molecular flexibility index (Phi) is 8.15. The number of alkyl carbamates (subject to hydrolysis) is 1. The molecule has 8 nitrogen and oxygen atoms in total. The van der Waals surface area contributed by atoms with E-state index >= 15 is 0 Å². The van der Waals surface area contributed by atoms with Gasteiger partial charge in [-0.15, -0.1) is 0 Å². The van der Waals surface area contributed by atoms with Crippen LogP contribution in [0.2, 0.25) is 0 Å². The second kappa shape index (κ2) is 10.8. The minimum atomic E-state index is -0.507. The summed E-state index contributed by atoms with van der Waals surface area (Å²) < 4.78 is 13.0. The number of hydrogen-bond acceptors (Lipinski definition) is 5. The summed E-state index contributed by atoms with van der Waals surface area (Å²) in [4.78, 5) is 26.8. The number of morpholine rings is 1. The highest BCUT2D eigenvalue weighted by atomic mass is 16.6. The molecule has 0 bridgehead atoms. The van der Waals surface area contributed by atoms with E-state index in [1.165, 1.54) is 0 Å². The van der Waals surface area contributed by atoms with Crippen molar-refractivity contribution < 1.29 is 19.1 Å². The highest BCUT2D eigenvalue weighted by Gasteiger charge is 2.22. The van der Waals surface area contributed by atoms with Gasteiger partial charge in [-0.05, 0) is 46.2 Å². The summed E-state index contributed by atoms with van der Waals surface area (Å²) in [5.41, 5.74) is 1.27. The van der Waals surface area contributed by atoms with Gasteiger partial charge in [-0.25, -0.2) is 4.79 Å². The van der Waals surface area contributed by atoms with Crippen LogP contribution in [0.15, 0.2) is 30.5 Å². The Morgan fingerprint density at radius 1 is 1.19 bits per heavy atom. The molecule has 0 saturated carbocycles. The molecular formula is C24H36N4O4. The Balaban J connectivity index is 1.34. The van der Waals surface area contributed by atoms with Crippen LogP contribution < -0.4 is 10.6 Å². The van der Waals surface area contributed by atoms with Crippen LogP contribution in [-0.4, -0.2) is 72.5 Å². The number of nitrogens with one attached hydrogen (secondary N) is 2. The van der Waals surface area contributed by atoms with Crippen molar-refractivity contribution in [1.29, 1.82) is 0 Å². The van der Waals surface area contributed by atoms with Crippen LogP contribution in [-0.2, 0) is 16.5 Å². The van der Waals surface area contributed by atoms with Crippen molar-refractivity contribution in [2.75, 3.05) is 39.3 Å². The van der Waals surface area contributed by atoms with E-state index in [0.29, 0.717) is 19.7 Å². The van der Waals surface area contributed by atoms with Crippen LogP contribution >= 0.6 is 0 Å². The molecule has 1 aromatic heterocycles. The smallest absolute Gasteiger partial charge is 0.407 e. The van der Waals surface area contributed by atoms with Gasteiger partial charge >= 0.3 is 6.09 Å². The number of hydrogen-bond donors (Lipinski definition) is 2. The van der Waals surface area contributed by atoms with Gasteiger partial charge in [-0.1, -0.05) is 18.2 Å². The minimum Gasteiger partial charge on any atom is -0.444 e. The van der Waals surface area contributed by atoms with Gasteiger partial charge in [0.2, 0.25) is 0 Å². The Morgan fingerprint density at radius 2 is 1.97 bits per heavy atom. The first kappa shape index (κ1) is 24.1. The Morgan fingerprint density at radius 3 is 2.75 bits per heavy atom. The average Bonchev–Trinajstić information content (AvgIpc) is 3.08. The lowest BCUT2D eigenvalue weighted by atomic mass is 10.1. The van der Waals surface area contributed by atoms with Crippen molar-refractivity contribution in [2.45, 2.75) is 45.3 Å². The zero-order valence-corrected chi connectivity index (χ0v) is 19.6. The molecule has 1 aliphatic heterocycles. The summed E-state index contributed by atoms with van der Waals surface area (Å²) in [6.45, 7) is 9.86. The van der Waals surface area contributed by atoms with Crippen molar-refractivity contribution in [3.8, 4) is 0 Å². The zero-order chi connectivity index (χ0) is 23.1. The predicted molar refractivity (Wildman–Crippen MR) is 125 cm³/mol. The number of amides is 2. The standard InChI is InChI=1S/C24H36N4O4/c1-24(2,3)32-23(30)26-15-18-16-28(13-14-31-18)12-8-7-11-25-22(29)20-17-27(4)21-10-6-5-9-19(20)21/h5-6,9-10,17-18H,7-8,11-16H2,1-4H3,(H,25,29)(H,26,30). The molecule has 1 saturated heterocycles. The van der Waals surface area contributed by atoms with E-state index in [1.54, 1.807) is 0 Å². The lowest BCUT2D eigenvalue weighted by Crippen LogP contribution is -2.48. The quantitative estimate of drug-likeness (QED) is 0.612. The third kappa shape index (κ3) is 6.97. The van der Waals surface area contributed by atoms with Crippen LogP contribution in [0.3, 0.4) is 0 Å². The fourth-order valence-electron chi connectivity index (χ4n) is 3.90. The van der Waals surface area contributed by atoms with Crippen LogP contribution in [0.1, 0.15) is 44.0 Å². The molecule has 2 heterocycles. The van der Waals surface area contributed by atoms with Gasteiger partial charge < -0.3 is 24.7 Å². The van der Waals surface area contributed by atoms with E-state index in [9.17, 15) is 9.59 Å². The second-order valence-electron chi connectivity index (χ2n) is 9.31. The maximum atomic E-state index is 12.6. The number of aromatic nitrogens is 1. The molecule has 176 valence electrons. The van der Waals surface area contributed by atoms with Crippen LogP contribution in [0.4, 0.5) is 4.79 Å². The van der Waals surface area contributed by atoms with E-state index < -0.39 is 11.7 Å². The lowest BCUT2D eigenvalue weighted by molar-refractivity contribution is -0.0288. The highest BCUT2D eigenvalue weighted by molar-refractivity contribution is 6.06. The first-order valence-corrected chi connectivity index (χ1v) is 11.4. The van der Waals surface area contributed by atoms with Gasteiger partial charge in [-0.2, -0.15) is 0 Å². The first-order valence-electron chi connectivity index (χ1n) is 11.4. The fourth-order valence-corrected chi connectivity index (χ4v) is 3.90. The number of nitrogens with zero attached hydrogens (tertiary/aromatic N) is 2. The van der Waals surface area contributed by atoms with Gasteiger partial charge in [0.05, 0.1) is 18.3 Å². The summed E-state index contributed by atoms with van der Waals surface area (Å²) in [5, 5.41) is 6.81. The summed E-state index contributed by atoms with van der Waals surface area (Å²) in [5.74, 6) is -0.0264. The summed E-state index contributed by atoms with van der Waals surface area (Å²) in [6, 6.07) is 7.94. The largest absolute Gasteiger partial charge is 0.444 e. The van der Waals surface area contributed by atoms with E-state index in [0.717, 1.165) is 48.9 Å². The molecule has 1 atom stereocenters. The highest BCUT2D eigenvalue weighted by Crippen LogP contribution is 2.20. The topological polar surface area (TPSA) is 84.8 Å². The minimum absolute atomic E-state index is 0.0264. The normalized spacial score (nSPS) is 17.3. The first-order chi connectivity index (χ1) is 15.2. The predicted octanol–water partition coefficient (Wildman–Crippen LogP) is 2.91. The molecular weight excluding hydrogens is 408 g/mol. The number of fused-ring (bicyclic) bond motifs is 1. The van der Waals surface area contributed by atoms with Crippen LogP contribution in [0, 0.1) is 0 Å². The van der Waals surface area contributed by atoms with Crippen molar-refractivity contribution in [3.05, 3.63) is 36.0 Å². The van der Waals surface area contributed by atoms with Gasteiger partial charge in [-0.3, -0.25) is 9.69 Å². The molecule has 2 N–H and O–H groups in total. The zero-order valence-electron chi connectivity index (χ0n) is 19.6. The maximum absolute atomic E-state index is 12.6. The summed E-state index contributed by atoms with van der Waals surface area (Å²) >= 11 is 0. The van der Waals surface area contributed by atoms with Crippen molar-refractivity contribution in [3.63, 3.8) is 0 Å². The molecule has 0 spiro atoms. The van der Waals surface area contributed by atoms with Crippen molar-refractivity contribution in [1.82, 2.24) is 20.1 Å². The number of para-hydroxylation sites is 1. The number of rotatable bonds is 8. The molecule has 0 aliphatic carbocycles. The molecule has 3 rings (SSSR count). The summed E-state index contributed by atoms with van der Waals surface area (Å²) in [7, 11) is 1.96. The van der Waals surface area contributed by atoms with Crippen molar-refractivity contribution >= 4 is 22.9 Å². The monoisotopic (exact) mass is 444 g/mol. The van der Waals surface area contributed by atoms with E-state index in [1.807, 2.05) is 62.8 Å². The molecule has 2 amide bonds. The molecule has 1 aliphatic rings. The van der Waals surface area contributed by atoms with Crippen LogP contribution in [0.5, 0.6) is 0 Å². The fraction of sp³-hybridized carbons (Fsp3) is 0.583. The number of ether oxygens (including phenoxy) is 2. The third-order valence-corrected chi connectivity index (χ3v) is 5.42. The number of carbonyl (C=O) groups excluding carboxylic acids is 2. The average molecular weight is 445 g/mol. The molecule has 1 aromatic carbocycles. The van der Waals surface area contributed by atoms with E-state index in [2.05, 4.69) is 15.5 Å². The molecule has 0 radical (unpaired) electrons. The van der Waals surface area contributed by atoms with Gasteiger partial charge in [0.25, 0.3) is 5.91 Å². The molecule has 2 aromatic rings. The number of unbranched alkanes of at least 4 members (excludes halogenated alkanes) is 1. The number of aryl methyl sites for hydroxylation is 1. The Bertz CT molecular complexity index is 918. The van der Waals surface area contributed by atoms with Gasteiger partial charge in [0, 0.05) is 50.3 Å². The lowest BCUT2D eigenvalue weighted by Gasteiger charge is -2.33. The molecule has 8 heteroatoms. The third-order valence-electron chi connectivity index (χ3n) is 5.42. The van der Waals surface area contributed by atoms with Crippen molar-refractivity contribution in [2.24, 2.45) is 7.05 Å². The Hall–Kier alpha value is -2.58. The van der Waals surface area contributed by atoms with Gasteiger partial charge in [0.1, 0.15) is 5.60 Å². The molecule has 32 heavy (non-hydrogen) atoms. The maximum Gasteiger partial charge on any atom is 0.407 e. The van der Waals surface area contributed by atoms with Gasteiger partial charge in [0.15, 0.2) is 0 Å². The second-order valence-corrected chi connectivity index (χ2v) is 9.31. The summed E-state index contributed by atoms with van der Waals surface area (Å²) in [6.07, 6.45) is 3.33. The Labute approximate surface area is 190 Å². The molecule has 1 unspecified atom stereocenters. The number of carbonyl (C=O) groups is 2. The number of benzene rings is 1.